The van der Waals surface area contributed by atoms with Gasteiger partial charge in [-0.05, 0) is 13.1 Å². The predicted octanol–water partition coefficient (Wildman–Crippen LogP) is 3.30. The summed E-state index contributed by atoms with van der Waals surface area (Å²) in [5.74, 6) is 0. The van der Waals surface area contributed by atoms with E-state index in [-0.39, 0.29) is 4.32 Å². The van der Waals surface area contributed by atoms with Crippen molar-refractivity contribution in [1.82, 2.24) is 0 Å². The van der Waals surface area contributed by atoms with Crippen LogP contribution in [0.5, 0.6) is 0 Å². The summed E-state index contributed by atoms with van der Waals surface area (Å²) in [7, 11) is -1.82. The minimum absolute atomic E-state index is 0.0541. The molecule has 1 aliphatic heterocycles. The van der Waals surface area contributed by atoms with Crippen LogP contribution in [0.4, 0.5) is 0 Å². The second-order valence-corrected chi connectivity index (χ2v) is 9.81. The van der Waals surface area contributed by atoms with Crippen LogP contribution in [0.25, 0.3) is 0 Å². The molecule has 3 atom stereocenters. The van der Waals surface area contributed by atoms with Crippen molar-refractivity contribution >= 4 is 39.0 Å². The van der Waals surface area contributed by atoms with E-state index in [0.717, 1.165) is 18.5 Å². The summed E-state index contributed by atoms with van der Waals surface area (Å²) in [6.45, 7) is 4.14. The van der Waals surface area contributed by atoms with Crippen molar-refractivity contribution in [3.05, 3.63) is 0 Å². The van der Waals surface area contributed by atoms with Crippen molar-refractivity contribution in [3.8, 4) is 0 Å². The van der Waals surface area contributed by atoms with Crippen LogP contribution in [0.2, 0.25) is 0 Å². The van der Waals surface area contributed by atoms with Crippen molar-refractivity contribution in [2.75, 3.05) is 18.5 Å². The van der Waals surface area contributed by atoms with Crippen LogP contribution in [0.1, 0.15) is 13.8 Å². The summed E-state index contributed by atoms with van der Waals surface area (Å²) in [6, 6.07) is 0. The van der Waals surface area contributed by atoms with E-state index in [2.05, 4.69) is 38.8 Å². The van der Waals surface area contributed by atoms with Gasteiger partial charge in [0, 0.05) is 21.5 Å². The van der Waals surface area contributed by atoms with E-state index in [1.165, 1.54) is 0 Å². The third-order valence-corrected chi connectivity index (χ3v) is 9.45. The number of halogens is 2. The zero-order chi connectivity index (χ0) is 8.70. The highest BCUT2D eigenvalue weighted by atomic mass is 79.9. The maximum Gasteiger partial charge on any atom is 0.0900 e. The minimum Gasteiger partial charge on any atom is -0.323 e. The molecule has 0 aromatic carbocycles. The summed E-state index contributed by atoms with van der Waals surface area (Å²) in [4.78, 5) is 0.376. The molecule has 0 bridgehead atoms. The van der Waals surface area contributed by atoms with Gasteiger partial charge in [0.1, 0.15) is 0 Å². The highest BCUT2D eigenvalue weighted by Gasteiger charge is 2.46. The molecule has 4 heteroatoms. The molecule has 0 saturated carbocycles. The zero-order valence-electron chi connectivity index (χ0n) is 6.81. The van der Waals surface area contributed by atoms with Gasteiger partial charge >= 0.3 is 0 Å². The van der Waals surface area contributed by atoms with Crippen molar-refractivity contribution in [2.24, 2.45) is 0 Å². The second-order valence-electron chi connectivity index (χ2n) is 3.46. The lowest BCUT2D eigenvalue weighted by molar-refractivity contribution is 0.579. The Morgan fingerprint density at radius 2 is 2.27 bits per heavy atom. The Morgan fingerprint density at radius 1 is 1.73 bits per heavy atom. The molecule has 1 aliphatic rings. The molecule has 11 heavy (non-hydrogen) atoms. The quantitative estimate of drug-likeness (QED) is 0.536. The topological polar surface area (TPSA) is 17.1 Å². The number of alkyl halides is 2. The van der Waals surface area contributed by atoms with Crippen LogP contribution in [0.3, 0.4) is 0 Å². The summed E-state index contributed by atoms with van der Waals surface area (Å²) < 4.78 is 12.0. The van der Waals surface area contributed by atoms with Gasteiger partial charge in [-0.2, -0.15) is 0 Å². The fraction of sp³-hybridized carbons (Fsp3) is 1.00. The molecule has 0 spiro atoms. The lowest BCUT2D eigenvalue weighted by Gasteiger charge is -2.17. The van der Waals surface area contributed by atoms with Gasteiger partial charge in [-0.15, -0.1) is 0 Å². The first-order valence-corrected chi connectivity index (χ1v) is 7.77. The van der Waals surface area contributed by atoms with Crippen molar-refractivity contribution in [3.63, 3.8) is 0 Å². The average molecular weight is 304 g/mol. The van der Waals surface area contributed by atoms with Crippen LogP contribution in [0.15, 0.2) is 0 Å². The Morgan fingerprint density at radius 3 is 2.45 bits per heavy atom. The summed E-state index contributed by atoms with van der Waals surface area (Å²) in [5, 5.41) is 0. The second kappa shape index (κ2) is 3.16. The summed E-state index contributed by atoms with van der Waals surface area (Å²) in [5.41, 5.74) is 0. The molecular formula is C7H13Br2OP. The third-order valence-electron chi connectivity index (χ3n) is 2.32. The molecule has 0 N–H and O–H groups in total. The average Bonchev–Trinajstić information content (AvgIpc) is 2.04. The predicted molar refractivity (Wildman–Crippen MR) is 57.9 cm³/mol. The lowest BCUT2D eigenvalue weighted by Crippen LogP contribution is -2.25. The highest BCUT2D eigenvalue weighted by Crippen LogP contribution is 2.59. The third kappa shape index (κ3) is 2.10. The van der Waals surface area contributed by atoms with Crippen LogP contribution in [0, 0.1) is 0 Å². The molecule has 1 heterocycles. The van der Waals surface area contributed by atoms with E-state index >= 15 is 0 Å². The first-order valence-electron chi connectivity index (χ1n) is 3.80. The molecule has 66 valence electrons. The molecular weight excluding hydrogens is 291 g/mol. The molecule has 3 unspecified atom stereocenters. The van der Waals surface area contributed by atoms with Crippen LogP contribution in [-0.2, 0) is 4.57 Å². The Kier molecular flexibility index (Phi) is 2.95. The van der Waals surface area contributed by atoms with Crippen LogP contribution >= 0.6 is 39.0 Å². The first kappa shape index (κ1) is 10.3. The van der Waals surface area contributed by atoms with E-state index in [4.69, 9.17) is 0 Å². The molecule has 1 nitrogen and oxygen atoms in total. The zero-order valence-corrected chi connectivity index (χ0v) is 10.9. The number of hydrogen-bond acceptors (Lipinski definition) is 1. The Labute approximate surface area is 84.9 Å². The molecule has 0 aromatic rings. The molecule has 1 saturated heterocycles. The Balaban J connectivity index is 2.79. The fourth-order valence-corrected chi connectivity index (χ4v) is 8.17. The first-order chi connectivity index (χ1) is 4.90. The van der Waals surface area contributed by atoms with Crippen LogP contribution in [-0.4, -0.2) is 27.6 Å². The molecule has 1 fully saturated rings. The van der Waals surface area contributed by atoms with E-state index < -0.39 is 7.14 Å². The van der Waals surface area contributed by atoms with E-state index in [1.54, 1.807) is 0 Å². The van der Waals surface area contributed by atoms with E-state index in [0.29, 0.717) is 4.83 Å². The fourth-order valence-electron chi connectivity index (χ4n) is 1.45. The van der Waals surface area contributed by atoms with Gasteiger partial charge in [-0.1, -0.05) is 38.8 Å². The molecule has 0 aliphatic carbocycles. The Hall–Kier alpha value is 1.19. The lowest BCUT2D eigenvalue weighted by atomic mass is 10.2. The van der Waals surface area contributed by atoms with Gasteiger partial charge < -0.3 is 4.57 Å². The van der Waals surface area contributed by atoms with Crippen molar-refractivity contribution in [2.45, 2.75) is 23.0 Å². The number of rotatable bonds is 1. The summed E-state index contributed by atoms with van der Waals surface area (Å²) in [6.07, 6.45) is 2.54. The Bertz CT molecular complexity index is 203. The maximum absolute atomic E-state index is 11.9. The van der Waals surface area contributed by atoms with E-state index in [1.807, 2.05) is 6.92 Å². The summed E-state index contributed by atoms with van der Waals surface area (Å²) >= 11 is 7.16. The van der Waals surface area contributed by atoms with Crippen molar-refractivity contribution < 1.29 is 4.57 Å². The molecule has 0 aromatic heterocycles. The monoisotopic (exact) mass is 302 g/mol. The van der Waals surface area contributed by atoms with Gasteiger partial charge in [0.15, 0.2) is 0 Å². The number of hydrogen-bond donors (Lipinski definition) is 0. The smallest absolute Gasteiger partial charge is 0.0900 e. The molecule has 0 amide bonds. The van der Waals surface area contributed by atoms with Crippen LogP contribution < -0.4 is 0 Å². The largest absolute Gasteiger partial charge is 0.323 e. The minimum atomic E-state index is -1.82. The van der Waals surface area contributed by atoms with Gasteiger partial charge in [0.2, 0.25) is 0 Å². The van der Waals surface area contributed by atoms with Gasteiger partial charge in [-0.25, -0.2) is 0 Å². The molecule has 0 radical (unpaired) electrons. The standard InChI is InChI=1S/C7H13Br2OP/c1-3-11(10)4-6(8)7(2,9)5-11/h6H,3-5H2,1-2H3. The van der Waals surface area contributed by atoms with Gasteiger partial charge in [-0.3, -0.25) is 0 Å². The van der Waals surface area contributed by atoms with Gasteiger partial charge in [0.25, 0.3) is 0 Å². The highest BCUT2D eigenvalue weighted by molar-refractivity contribution is 9.12. The maximum atomic E-state index is 11.9. The molecule has 1 rings (SSSR count). The van der Waals surface area contributed by atoms with Gasteiger partial charge in [0.05, 0.1) is 7.14 Å². The SMILES string of the molecule is CCP1(=O)CC(Br)C(C)(Br)C1. The van der Waals surface area contributed by atoms with Crippen molar-refractivity contribution in [1.29, 1.82) is 0 Å². The van der Waals surface area contributed by atoms with E-state index in [9.17, 15) is 4.57 Å². The normalized spacial score (nSPS) is 51.5.